The fraction of sp³-hybridized carbons (Fsp3) is 0.241. The molecule has 1 aliphatic rings. The summed E-state index contributed by atoms with van der Waals surface area (Å²) in [7, 11) is 4.25. The Morgan fingerprint density at radius 2 is 1.56 bits per heavy atom. The number of hydrogen-bond acceptors (Lipinski definition) is 7. The maximum atomic E-state index is 13.6. The van der Waals surface area contributed by atoms with Gasteiger partial charge in [-0.25, -0.2) is 0 Å². The molecule has 1 unspecified atom stereocenters. The van der Waals surface area contributed by atoms with E-state index >= 15 is 0 Å². The average molecular weight is 572 g/mol. The van der Waals surface area contributed by atoms with Gasteiger partial charge in [0, 0.05) is 5.69 Å². The van der Waals surface area contributed by atoms with Crippen LogP contribution >= 0.6 is 23.2 Å². The fourth-order valence-corrected chi connectivity index (χ4v) is 5.16. The van der Waals surface area contributed by atoms with Crippen LogP contribution in [0.5, 0.6) is 23.0 Å². The topological polar surface area (TPSA) is 94.5 Å². The number of hydrogen-bond donors (Lipinski definition) is 1. The summed E-state index contributed by atoms with van der Waals surface area (Å²) < 4.78 is 21.8. The lowest BCUT2D eigenvalue weighted by atomic mass is 9.94. The maximum absolute atomic E-state index is 13.6. The van der Waals surface area contributed by atoms with E-state index < -0.39 is 23.5 Å². The van der Waals surface area contributed by atoms with Crippen LogP contribution in [0.1, 0.15) is 31.0 Å². The van der Waals surface area contributed by atoms with E-state index in [2.05, 4.69) is 0 Å². The van der Waals surface area contributed by atoms with Crippen LogP contribution in [0.4, 0.5) is 5.69 Å². The first-order valence-electron chi connectivity index (χ1n) is 11.9. The fourth-order valence-electron chi connectivity index (χ4n) is 4.47. The minimum absolute atomic E-state index is 0.00181. The molecule has 1 amide bonds. The molecule has 1 N–H and O–H groups in total. The number of Topliss-reactive ketones (excluding diaryl/α,β-unsaturated/α-hetero) is 1. The largest absolute Gasteiger partial charge is 0.507 e. The number of halogens is 2. The van der Waals surface area contributed by atoms with E-state index in [0.717, 1.165) is 0 Å². The molecule has 0 radical (unpaired) electrons. The van der Waals surface area contributed by atoms with Gasteiger partial charge in [-0.05, 0) is 61.9 Å². The van der Waals surface area contributed by atoms with Gasteiger partial charge in [-0.3, -0.25) is 14.5 Å². The Hall–Kier alpha value is -3.88. The first-order chi connectivity index (χ1) is 18.6. The van der Waals surface area contributed by atoms with E-state index in [1.807, 2.05) is 13.8 Å². The van der Waals surface area contributed by atoms with Crippen LogP contribution in [0, 0.1) is 0 Å². The number of methoxy groups -OCH3 is 3. The SMILES string of the molecule is COc1cccc(C2/C(=C(\O)c3cc(Cl)c(OC)c(Cl)c3OC)C(=O)C(=O)N2c2ccc(OC(C)C)cc2)c1. The molecule has 39 heavy (non-hydrogen) atoms. The molecular weight excluding hydrogens is 545 g/mol. The third-order valence-corrected chi connectivity index (χ3v) is 6.76. The number of ether oxygens (including phenoxy) is 4. The number of aliphatic hydroxyl groups is 1. The summed E-state index contributed by atoms with van der Waals surface area (Å²) in [6.45, 7) is 3.81. The van der Waals surface area contributed by atoms with Crippen molar-refractivity contribution in [1.29, 1.82) is 0 Å². The number of anilines is 1. The summed E-state index contributed by atoms with van der Waals surface area (Å²) in [5, 5.41) is 11.7. The quantitative estimate of drug-likeness (QED) is 0.189. The van der Waals surface area contributed by atoms with Gasteiger partial charge < -0.3 is 24.1 Å². The third-order valence-electron chi connectivity index (χ3n) is 6.14. The molecule has 1 atom stereocenters. The van der Waals surface area contributed by atoms with Gasteiger partial charge in [-0.1, -0.05) is 35.3 Å². The zero-order chi connectivity index (χ0) is 28.4. The van der Waals surface area contributed by atoms with Gasteiger partial charge in [0.15, 0.2) is 11.5 Å². The first-order valence-corrected chi connectivity index (χ1v) is 12.7. The van der Waals surface area contributed by atoms with Crippen LogP contribution < -0.4 is 23.8 Å². The highest BCUT2D eigenvalue weighted by molar-refractivity contribution is 6.52. The van der Waals surface area contributed by atoms with E-state index in [4.69, 9.17) is 42.1 Å². The molecule has 0 aliphatic carbocycles. The number of ketones is 1. The molecule has 1 fully saturated rings. The molecule has 1 aliphatic heterocycles. The van der Waals surface area contributed by atoms with Crippen molar-refractivity contribution < 1.29 is 33.6 Å². The maximum Gasteiger partial charge on any atom is 0.300 e. The van der Waals surface area contributed by atoms with Crippen LogP contribution in [0.25, 0.3) is 5.76 Å². The van der Waals surface area contributed by atoms with Crippen molar-refractivity contribution >= 4 is 46.3 Å². The van der Waals surface area contributed by atoms with Crippen molar-refractivity contribution in [3.8, 4) is 23.0 Å². The lowest BCUT2D eigenvalue weighted by Gasteiger charge is -2.26. The molecule has 0 saturated carbocycles. The lowest BCUT2D eigenvalue weighted by molar-refractivity contribution is -0.132. The number of carbonyl (C=O) groups is 2. The van der Waals surface area contributed by atoms with Gasteiger partial charge in [-0.15, -0.1) is 0 Å². The minimum atomic E-state index is -1.01. The van der Waals surface area contributed by atoms with Crippen LogP contribution in [-0.4, -0.2) is 44.2 Å². The summed E-state index contributed by atoms with van der Waals surface area (Å²) in [6, 6.07) is 14.0. The van der Waals surface area contributed by atoms with Gasteiger partial charge >= 0.3 is 0 Å². The van der Waals surface area contributed by atoms with Gasteiger partial charge in [0.25, 0.3) is 11.7 Å². The van der Waals surface area contributed by atoms with E-state index in [1.165, 1.54) is 32.3 Å². The number of aliphatic hydroxyl groups excluding tert-OH is 1. The molecule has 3 aromatic carbocycles. The molecule has 204 valence electrons. The van der Waals surface area contributed by atoms with E-state index in [-0.39, 0.29) is 38.8 Å². The highest BCUT2D eigenvalue weighted by atomic mass is 35.5. The number of rotatable bonds is 8. The molecule has 1 heterocycles. The standard InChI is InChI=1S/C29H27Cl2NO7/c1-15(2)39-18-11-9-17(10-12-18)32-24(16-7-6-8-19(13-16)36-3)22(26(34)29(32)35)25(33)20-14-21(30)28(38-5)23(31)27(20)37-4/h6-15,24,33H,1-5H3/b25-22+. The Morgan fingerprint density at radius 3 is 2.15 bits per heavy atom. The lowest BCUT2D eigenvalue weighted by Crippen LogP contribution is -2.29. The summed E-state index contributed by atoms with van der Waals surface area (Å²) in [6.07, 6.45) is -0.0417. The van der Waals surface area contributed by atoms with Crippen molar-refractivity contribution in [2.45, 2.75) is 26.0 Å². The molecule has 4 rings (SSSR count). The summed E-state index contributed by atoms with van der Waals surface area (Å²) >= 11 is 12.8. The molecule has 3 aromatic rings. The van der Waals surface area contributed by atoms with Crippen molar-refractivity contribution in [2.24, 2.45) is 0 Å². The van der Waals surface area contributed by atoms with Gasteiger partial charge in [0.1, 0.15) is 22.3 Å². The predicted molar refractivity (Wildman–Crippen MR) is 150 cm³/mol. The smallest absolute Gasteiger partial charge is 0.300 e. The van der Waals surface area contributed by atoms with E-state index in [0.29, 0.717) is 22.7 Å². The van der Waals surface area contributed by atoms with Crippen LogP contribution in [0.3, 0.4) is 0 Å². The van der Waals surface area contributed by atoms with Crippen molar-refractivity contribution in [1.82, 2.24) is 0 Å². The second-order valence-corrected chi connectivity index (χ2v) is 9.68. The second kappa shape index (κ2) is 11.5. The molecule has 0 spiro atoms. The molecule has 1 saturated heterocycles. The third kappa shape index (κ3) is 5.22. The average Bonchev–Trinajstić information content (AvgIpc) is 3.18. The Kier molecular flexibility index (Phi) is 8.28. The van der Waals surface area contributed by atoms with Crippen molar-refractivity contribution in [3.05, 3.63) is 81.3 Å². The van der Waals surface area contributed by atoms with Crippen LogP contribution in [-0.2, 0) is 9.59 Å². The normalized spacial score (nSPS) is 16.5. The number of nitrogens with zero attached hydrogens (tertiary/aromatic N) is 1. The molecule has 0 bridgehead atoms. The van der Waals surface area contributed by atoms with Gasteiger partial charge in [0.05, 0.1) is 49.6 Å². The van der Waals surface area contributed by atoms with Crippen LogP contribution in [0.2, 0.25) is 10.0 Å². The van der Waals surface area contributed by atoms with Gasteiger partial charge in [-0.2, -0.15) is 0 Å². The molecular formula is C29H27Cl2NO7. The second-order valence-electron chi connectivity index (χ2n) is 8.89. The van der Waals surface area contributed by atoms with Crippen molar-refractivity contribution in [3.63, 3.8) is 0 Å². The van der Waals surface area contributed by atoms with Crippen LogP contribution in [0.15, 0.2) is 60.2 Å². The predicted octanol–water partition coefficient (Wildman–Crippen LogP) is 6.43. The number of benzene rings is 3. The van der Waals surface area contributed by atoms with E-state index in [9.17, 15) is 14.7 Å². The number of carbonyl (C=O) groups excluding carboxylic acids is 2. The summed E-state index contributed by atoms with van der Waals surface area (Å²) in [5.41, 5.74) is 0.811. The highest BCUT2D eigenvalue weighted by Crippen LogP contribution is 2.48. The zero-order valence-electron chi connectivity index (χ0n) is 22.0. The first kappa shape index (κ1) is 28.1. The van der Waals surface area contributed by atoms with E-state index in [1.54, 1.807) is 48.5 Å². The Labute approximate surface area is 236 Å². The zero-order valence-corrected chi connectivity index (χ0v) is 23.5. The van der Waals surface area contributed by atoms with Crippen molar-refractivity contribution in [2.75, 3.05) is 26.2 Å². The highest BCUT2D eigenvalue weighted by Gasteiger charge is 2.47. The Morgan fingerprint density at radius 1 is 0.897 bits per heavy atom. The Bertz CT molecular complexity index is 1450. The molecule has 8 nitrogen and oxygen atoms in total. The monoisotopic (exact) mass is 571 g/mol. The molecule has 10 heteroatoms. The van der Waals surface area contributed by atoms with Gasteiger partial charge in [0.2, 0.25) is 0 Å². The number of amides is 1. The Balaban J connectivity index is 1.97. The molecule has 0 aromatic heterocycles. The summed E-state index contributed by atoms with van der Waals surface area (Å²) in [5.74, 6) is -0.949. The summed E-state index contributed by atoms with van der Waals surface area (Å²) in [4.78, 5) is 28.4. The minimum Gasteiger partial charge on any atom is -0.507 e.